The van der Waals surface area contributed by atoms with Crippen LogP contribution in [-0.2, 0) is 0 Å². The van der Waals surface area contributed by atoms with E-state index in [1.807, 2.05) is 24.3 Å². The third-order valence-corrected chi connectivity index (χ3v) is 3.27. The van der Waals surface area contributed by atoms with Crippen LogP contribution in [-0.4, -0.2) is 22.8 Å². The second-order valence-electron chi connectivity index (χ2n) is 4.55. The number of hydrazone groups is 1. The summed E-state index contributed by atoms with van der Waals surface area (Å²) in [5, 5.41) is 13.1. The minimum absolute atomic E-state index is 0.160. The zero-order chi connectivity index (χ0) is 15.0. The third kappa shape index (κ3) is 2.12. The Morgan fingerprint density at radius 3 is 2.33 bits per heavy atom. The molecule has 0 atom stereocenters. The van der Waals surface area contributed by atoms with Crippen LogP contribution in [0.1, 0.15) is 21.5 Å². The molecule has 2 aromatic carbocycles. The number of hydrogen-bond acceptors (Lipinski definition) is 3. The van der Waals surface area contributed by atoms with Gasteiger partial charge in [0.2, 0.25) is 0 Å². The molecule has 2 amide bonds. The van der Waals surface area contributed by atoms with Crippen LogP contribution in [0.25, 0.3) is 11.1 Å². The van der Waals surface area contributed by atoms with Crippen molar-refractivity contribution >= 4 is 17.7 Å². The van der Waals surface area contributed by atoms with Crippen LogP contribution in [0.5, 0.6) is 0 Å². The first-order valence-corrected chi connectivity index (χ1v) is 6.18. The maximum absolute atomic E-state index is 11.1. The van der Waals surface area contributed by atoms with Crippen molar-refractivity contribution < 1.29 is 14.7 Å². The van der Waals surface area contributed by atoms with Gasteiger partial charge in [-0.25, -0.2) is 15.0 Å². The molecule has 0 aliphatic heterocycles. The molecule has 6 heteroatoms. The van der Waals surface area contributed by atoms with Crippen molar-refractivity contribution in [3.05, 3.63) is 59.2 Å². The van der Waals surface area contributed by atoms with E-state index in [1.54, 1.807) is 18.2 Å². The number of carboxylic acids is 1. The molecule has 1 aliphatic rings. The average Bonchev–Trinajstić information content (AvgIpc) is 2.78. The quantitative estimate of drug-likeness (QED) is 0.623. The smallest absolute Gasteiger partial charge is 0.335 e. The number of amides is 2. The Bertz CT molecular complexity index is 797. The Hall–Kier alpha value is -3.15. The second kappa shape index (κ2) is 4.75. The molecular formula is C15H11N3O3. The van der Waals surface area contributed by atoms with Gasteiger partial charge >= 0.3 is 12.0 Å². The molecule has 2 aromatic rings. The van der Waals surface area contributed by atoms with Gasteiger partial charge in [-0.05, 0) is 23.3 Å². The number of rotatable bonds is 2. The first kappa shape index (κ1) is 12.9. The summed E-state index contributed by atoms with van der Waals surface area (Å²) in [7, 11) is 0. The molecule has 3 rings (SSSR count). The van der Waals surface area contributed by atoms with Gasteiger partial charge in [0.15, 0.2) is 0 Å². The Balaban J connectivity index is 2.22. The van der Waals surface area contributed by atoms with Crippen LogP contribution in [0, 0.1) is 0 Å². The molecule has 0 spiro atoms. The van der Waals surface area contributed by atoms with Crippen molar-refractivity contribution in [2.24, 2.45) is 10.8 Å². The van der Waals surface area contributed by atoms with Gasteiger partial charge in [0.25, 0.3) is 0 Å². The van der Waals surface area contributed by atoms with Crippen molar-refractivity contribution in [2.75, 3.05) is 0 Å². The largest absolute Gasteiger partial charge is 0.478 e. The van der Waals surface area contributed by atoms with Crippen molar-refractivity contribution in [3.8, 4) is 11.1 Å². The van der Waals surface area contributed by atoms with Crippen molar-refractivity contribution in [2.45, 2.75) is 0 Å². The molecular weight excluding hydrogens is 270 g/mol. The molecule has 0 bridgehead atoms. The summed E-state index contributed by atoms with van der Waals surface area (Å²) in [5.41, 5.74) is 11.2. The molecule has 104 valence electrons. The molecule has 6 nitrogen and oxygen atoms in total. The molecule has 0 saturated carbocycles. The predicted molar refractivity (Wildman–Crippen MR) is 77.2 cm³/mol. The van der Waals surface area contributed by atoms with Crippen LogP contribution < -0.4 is 11.2 Å². The highest BCUT2D eigenvalue weighted by atomic mass is 16.4. The Morgan fingerprint density at radius 1 is 1.00 bits per heavy atom. The zero-order valence-corrected chi connectivity index (χ0v) is 10.8. The standard InChI is InChI=1S/C15H11N3O3/c16-15(21)18-17-13-11-4-2-1-3-9(11)10-6-5-8(14(19)20)7-12(10)13/h1-7H,(H,19,20)(H3,16,18,21). The topological polar surface area (TPSA) is 105 Å². The van der Waals surface area contributed by atoms with E-state index in [1.165, 1.54) is 0 Å². The highest BCUT2D eigenvalue weighted by molar-refractivity contribution is 6.25. The van der Waals surface area contributed by atoms with E-state index in [-0.39, 0.29) is 5.56 Å². The molecule has 0 saturated heterocycles. The Kier molecular flexibility index (Phi) is 2.91. The van der Waals surface area contributed by atoms with Gasteiger partial charge in [-0.2, -0.15) is 5.10 Å². The van der Waals surface area contributed by atoms with Gasteiger partial charge in [0, 0.05) is 11.1 Å². The predicted octanol–water partition coefficient (Wildman–Crippen LogP) is 1.79. The summed E-state index contributed by atoms with van der Waals surface area (Å²) in [6.07, 6.45) is 0. The number of carbonyl (C=O) groups is 2. The van der Waals surface area contributed by atoms with Gasteiger partial charge in [-0.15, -0.1) is 0 Å². The summed E-state index contributed by atoms with van der Waals surface area (Å²) < 4.78 is 0. The van der Waals surface area contributed by atoms with E-state index in [4.69, 9.17) is 10.8 Å². The molecule has 0 unspecified atom stereocenters. The number of benzene rings is 2. The molecule has 0 heterocycles. The van der Waals surface area contributed by atoms with E-state index in [2.05, 4.69) is 10.5 Å². The lowest BCUT2D eigenvalue weighted by Crippen LogP contribution is -2.25. The average molecular weight is 281 g/mol. The lowest BCUT2D eigenvalue weighted by molar-refractivity contribution is 0.0697. The number of carbonyl (C=O) groups excluding carboxylic acids is 1. The monoisotopic (exact) mass is 281 g/mol. The highest BCUT2D eigenvalue weighted by Gasteiger charge is 2.25. The number of nitrogens with two attached hydrogens (primary N) is 1. The minimum atomic E-state index is -1.02. The molecule has 0 fully saturated rings. The summed E-state index contributed by atoms with van der Waals surface area (Å²) in [4.78, 5) is 22.0. The first-order valence-electron chi connectivity index (χ1n) is 6.18. The fourth-order valence-electron chi connectivity index (χ4n) is 2.41. The fourth-order valence-corrected chi connectivity index (χ4v) is 2.41. The van der Waals surface area contributed by atoms with Crippen LogP contribution in [0.4, 0.5) is 4.79 Å². The normalized spacial score (nSPS) is 13.6. The number of fused-ring (bicyclic) bond motifs is 3. The lowest BCUT2D eigenvalue weighted by atomic mass is 10.0. The van der Waals surface area contributed by atoms with E-state index in [9.17, 15) is 9.59 Å². The van der Waals surface area contributed by atoms with Crippen molar-refractivity contribution in [3.63, 3.8) is 0 Å². The molecule has 1 aliphatic carbocycles. The summed E-state index contributed by atoms with van der Waals surface area (Å²) >= 11 is 0. The second-order valence-corrected chi connectivity index (χ2v) is 4.55. The Labute approximate surface area is 119 Å². The maximum Gasteiger partial charge on any atom is 0.335 e. The summed E-state index contributed by atoms with van der Waals surface area (Å²) in [6, 6.07) is 11.6. The minimum Gasteiger partial charge on any atom is -0.478 e. The molecule has 21 heavy (non-hydrogen) atoms. The highest BCUT2D eigenvalue weighted by Crippen LogP contribution is 2.37. The van der Waals surface area contributed by atoms with Gasteiger partial charge < -0.3 is 10.8 Å². The van der Waals surface area contributed by atoms with Crippen LogP contribution in [0.3, 0.4) is 0 Å². The van der Waals surface area contributed by atoms with E-state index in [0.29, 0.717) is 11.3 Å². The van der Waals surface area contributed by atoms with E-state index >= 15 is 0 Å². The Morgan fingerprint density at radius 2 is 1.67 bits per heavy atom. The number of nitrogens with one attached hydrogen (secondary N) is 1. The molecule has 4 N–H and O–H groups in total. The number of carboxylic acid groups (broad SMARTS) is 1. The van der Waals surface area contributed by atoms with Crippen LogP contribution in [0.2, 0.25) is 0 Å². The SMILES string of the molecule is NC(=O)NN=C1c2ccccc2-c2ccc(C(=O)O)cc21. The van der Waals surface area contributed by atoms with Gasteiger partial charge in [-0.1, -0.05) is 30.3 Å². The number of nitrogens with zero attached hydrogens (tertiary/aromatic N) is 1. The van der Waals surface area contributed by atoms with Crippen LogP contribution >= 0.6 is 0 Å². The van der Waals surface area contributed by atoms with Gasteiger partial charge in [-0.3, -0.25) is 0 Å². The van der Waals surface area contributed by atoms with Crippen molar-refractivity contribution in [1.82, 2.24) is 5.43 Å². The molecule has 0 radical (unpaired) electrons. The van der Waals surface area contributed by atoms with E-state index < -0.39 is 12.0 Å². The van der Waals surface area contributed by atoms with Crippen LogP contribution in [0.15, 0.2) is 47.6 Å². The van der Waals surface area contributed by atoms with Gasteiger partial charge in [0.1, 0.15) is 0 Å². The number of primary amides is 1. The summed E-state index contributed by atoms with van der Waals surface area (Å²) in [6.45, 7) is 0. The summed E-state index contributed by atoms with van der Waals surface area (Å²) in [5.74, 6) is -1.02. The first-order chi connectivity index (χ1) is 10.1. The zero-order valence-electron chi connectivity index (χ0n) is 10.8. The number of urea groups is 1. The molecule has 0 aromatic heterocycles. The third-order valence-electron chi connectivity index (χ3n) is 3.27. The fraction of sp³-hybridized carbons (Fsp3) is 0. The van der Waals surface area contributed by atoms with Gasteiger partial charge in [0.05, 0.1) is 11.3 Å². The lowest BCUT2D eigenvalue weighted by Gasteiger charge is -2.03. The maximum atomic E-state index is 11.1. The van der Waals surface area contributed by atoms with E-state index in [0.717, 1.165) is 16.7 Å². The van der Waals surface area contributed by atoms with Crippen molar-refractivity contribution in [1.29, 1.82) is 0 Å². The number of aromatic carboxylic acids is 1. The number of hydrogen-bond donors (Lipinski definition) is 3.